The summed E-state index contributed by atoms with van der Waals surface area (Å²) >= 11 is 0. The summed E-state index contributed by atoms with van der Waals surface area (Å²) in [6, 6.07) is 0. The van der Waals surface area contributed by atoms with Crippen LogP contribution in [0, 0.1) is 53.3 Å². The maximum absolute atomic E-state index is 11.0. The molecule has 5 heteroatoms. The second-order valence-corrected chi connectivity index (χ2v) is 12.5. The number of hydrogen-bond acceptors (Lipinski definition) is 4. The molecule has 0 spiro atoms. The highest BCUT2D eigenvalue weighted by molar-refractivity contribution is 5.10. The third-order valence-electron chi connectivity index (χ3n) is 11.2. The predicted octanol–water partition coefficient (Wildman–Crippen LogP) is 5.42. The van der Waals surface area contributed by atoms with Crippen molar-refractivity contribution in [2.45, 2.75) is 111 Å². The van der Waals surface area contributed by atoms with Crippen LogP contribution in [0.15, 0.2) is 0 Å². The van der Waals surface area contributed by atoms with E-state index in [0.717, 1.165) is 61.2 Å². The third-order valence-corrected chi connectivity index (χ3v) is 11.2. The molecule has 9 atom stereocenters. The number of aryl methyl sites for hydroxylation is 1. The fraction of sp³-hybridized carbons (Fsp3) is 0.962. The summed E-state index contributed by atoms with van der Waals surface area (Å²) in [6.07, 6.45) is 12.5. The molecular weight excluding hydrogens is 384 g/mol. The second-order valence-electron chi connectivity index (χ2n) is 12.5. The van der Waals surface area contributed by atoms with E-state index in [1.807, 2.05) is 11.7 Å². The van der Waals surface area contributed by atoms with Crippen LogP contribution < -0.4 is 0 Å². The monoisotopic (exact) mass is 428 g/mol. The van der Waals surface area contributed by atoms with Crippen LogP contribution in [0.2, 0.25) is 0 Å². The molecule has 31 heavy (non-hydrogen) atoms. The van der Waals surface area contributed by atoms with E-state index in [1.54, 1.807) is 0 Å². The van der Waals surface area contributed by atoms with Gasteiger partial charge in [0.05, 0.1) is 12.1 Å². The third kappa shape index (κ3) is 3.40. The number of tetrazole rings is 1. The lowest BCUT2D eigenvalue weighted by atomic mass is 9.43. The quantitative estimate of drug-likeness (QED) is 0.696. The van der Waals surface area contributed by atoms with Crippen molar-refractivity contribution in [2.75, 3.05) is 0 Å². The zero-order valence-electron chi connectivity index (χ0n) is 20.5. The van der Waals surface area contributed by atoms with Crippen molar-refractivity contribution in [2.24, 2.45) is 46.3 Å². The molecule has 1 N–H and O–H groups in total. The summed E-state index contributed by atoms with van der Waals surface area (Å²) in [6.45, 7) is 12.7. The van der Waals surface area contributed by atoms with Crippen molar-refractivity contribution in [1.29, 1.82) is 0 Å². The van der Waals surface area contributed by atoms with E-state index in [9.17, 15) is 5.11 Å². The molecule has 0 unspecified atom stereocenters. The van der Waals surface area contributed by atoms with Crippen molar-refractivity contribution in [1.82, 2.24) is 20.2 Å². The van der Waals surface area contributed by atoms with E-state index in [0.29, 0.717) is 16.7 Å². The van der Waals surface area contributed by atoms with Gasteiger partial charge in [0.1, 0.15) is 0 Å². The van der Waals surface area contributed by atoms with Gasteiger partial charge in [0, 0.05) is 0 Å². The first-order valence-electron chi connectivity index (χ1n) is 13.2. The number of aromatic nitrogens is 4. The number of rotatable bonds is 4. The highest BCUT2D eigenvalue weighted by Crippen LogP contribution is 2.68. The summed E-state index contributed by atoms with van der Waals surface area (Å²) in [7, 11) is 0. The molecule has 0 amide bonds. The van der Waals surface area contributed by atoms with Gasteiger partial charge in [-0.1, -0.05) is 27.7 Å². The molecule has 0 bridgehead atoms. The Morgan fingerprint density at radius 3 is 2.52 bits per heavy atom. The molecule has 0 saturated heterocycles. The molecule has 1 heterocycles. The lowest BCUT2D eigenvalue weighted by Crippen LogP contribution is -2.56. The molecule has 4 aliphatic carbocycles. The minimum atomic E-state index is -0.387. The fourth-order valence-electron chi connectivity index (χ4n) is 9.40. The largest absolute Gasteiger partial charge is 0.390 e. The van der Waals surface area contributed by atoms with Crippen LogP contribution in [-0.2, 0) is 6.54 Å². The standard InChI is InChI=1S/C26H44N4O/c1-6-26(31)14-13-24(4)19(15-26)7-8-20-22-10-9-21(25(22,5)12-11-23(20)24)17(2)16-30-28-18(3)27-29-30/h17,19-23,31H,6-16H2,1-5H3/t17-,19+,20+,21-,22+,23+,24+,25-,26-/m1/s1. The Morgan fingerprint density at radius 1 is 1.03 bits per heavy atom. The summed E-state index contributed by atoms with van der Waals surface area (Å²) in [5.74, 6) is 5.53. The SMILES string of the molecule is CC[C@@]1(O)CC[C@@]2(C)[C@@H](CC[C@@H]3[C@@H]2CC[C@]2(C)[C@@H]([C@H](C)Cn4nnc(C)n4)CC[C@@H]32)C1. The first-order chi connectivity index (χ1) is 14.7. The van der Waals surface area contributed by atoms with E-state index in [1.165, 1.54) is 44.9 Å². The number of aliphatic hydroxyl groups is 1. The Bertz CT molecular complexity index is 809. The van der Waals surface area contributed by atoms with Gasteiger partial charge in [-0.05, 0) is 123 Å². The van der Waals surface area contributed by atoms with Gasteiger partial charge in [0.25, 0.3) is 0 Å². The van der Waals surface area contributed by atoms with Gasteiger partial charge in [-0.25, -0.2) is 0 Å². The van der Waals surface area contributed by atoms with Gasteiger partial charge in [0.2, 0.25) is 0 Å². The fourth-order valence-corrected chi connectivity index (χ4v) is 9.40. The highest BCUT2D eigenvalue weighted by atomic mass is 16.3. The van der Waals surface area contributed by atoms with Gasteiger partial charge in [-0.3, -0.25) is 0 Å². The molecule has 174 valence electrons. The maximum atomic E-state index is 11.0. The van der Waals surface area contributed by atoms with Crippen molar-refractivity contribution in [3.8, 4) is 0 Å². The van der Waals surface area contributed by atoms with Gasteiger partial charge >= 0.3 is 0 Å². The van der Waals surface area contributed by atoms with Crippen LogP contribution in [0.25, 0.3) is 0 Å². The van der Waals surface area contributed by atoms with Crippen LogP contribution in [0.4, 0.5) is 0 Å². The Kier molecular flexibility index (Phi) is 5.31. The minimum absolute atomic E-state index is 0.387. The Balaban J connectivity index is 1.33. The average Bonchev–Trinajstić information content (AvgIpc) is 3.31. The zero-order valence-corrected chi connectivity index (χ0v) is 20.5. The molecule has 0 aromatic carbocycles. The van der Waals surface area contributed by atoms with Gasteiger partial charge in [-0.2, -0.15) is 4.80 Å². The lowest BCUT2D eigenvalue weighted by Gasteiger charge is -2.62. The lowest BCUT2D eigenvalue weighted by molar-refractivity contribution is -0.152. The zero-order chi connectivity index (χ0) is 22.0. The van der Waals surface area contributed by atoms with Crippen molar-refractivity contribution < 1.29 is 5.11 Å². The predicted molar refractivity (Wildman–Crippen MR) is 122 cm³/mol. The van der Waals surface area contributed by atoms with Crippen LogP contribution >= 0.6 is 0 Å². The smallest absolute Gasteiger partial charge is 0.171 e. The highest BCUT2D eigenvalue weighted by Gasteiger charge is 2.61. The maximum Gasteiger partial charge on any atom is 0.171 e. The van der Waals surface area contributed by atoms with E-state index >= 15 is 0 Å². The first-order valence-corrected chi connectivity index (χ1v) is 13.2. The second kappa shape index (κ2) is 7.53. The Morgan fingerprint density at radius 2 is 1.81 bits per heavy atom. The van der Waals surface area contributed by atoms with Gasteiger partial charge in [0.15, 0.2) is 5.82 Å². The molecule has 0 aliphatic heterocycles. The molecule has 4 saturated carbocycles. The van der Waals surface area contributed by atoms with E-state index < -0.39 is 0 Å². The molecule has 5 rings (SSSR count). The normalized spacial score (nSPS) is 48.0. The van der Waals surface area contributed by atoms with Crippen LogP contribution in [0.1, 0.15) is 97.7 Å². The molecule has 1 aromatic rings. The Labute approximate surface area is 188 Å². The molecule has 5 nitrogen and oxygen atoms in total. The summed E-state index contributed by atoms with van der Waals surface area (Å²) in [4.78, 5) is 1.82. The molecule has 4 aliphatic rings. The van der Waals surface area contributed by atoms with Crippen molar-refractivity contribution in [3.05, 3.63) is 5.82 Å². The minimum Gasteiger partial charge on any atom is -0.390 e. The van der Waals surface area contributed by atoms with Crippen molar-refractivity contribution in [3.63, 3.8) is 0 Å². The molecular formula is C26H44N4O. The Hall–Kier alpha value is -0.970. The summed E-state index contributed by atoms with van der Waals surface area (Å²) in [5.41, 5.74) is 0.539. The average molecular weight is 429 g/mol. The van der Waals surface area contributed by atoms with E-state index in [-0.39, 0.29) is 5.60 Å². The number of fused-ring (bicyclic) bond motifs is 5. The first kappa shape index (κ1) is 21.9. The van der Waals surface area contributed by atoms with E-state index in [2.05, 4.69) is 43.1 Å². The van der Waals surface area contributed by atoms with Crippen molar-refractivity contribution >= 4 is 0 Å². The topological polar surface area (TPSA) is 63.8 Å². The summed E-state index contributed by atoms with van der Waals surface area (Å²) < 4.78 is 0. The molecule has 1 aromatic heterocycles. The molecule has 4 fully saturated rings. The summed E-state index contributed by atoms with van der Waals surface area (Å²) in [5, 5.41) is 23.8. The van der Waals surface area contributed by atoms with Crippen LogP contribution in [0.5, 0.6) is 0 Å². The van der Waals surface area contributed by atoms with Crippen LogP contribution in [-0.4, -0.2) is 30.9 Å². The molecule has 0 radical (unpaired) electrons. The van der Waals surface area contributed by atoms with Gasteiger partial charge < -0.3 is 5.11 Å². The van der Waals surface area contributed by atoms with Crippen LogP contribution in [0.3, 0.4) is 0 Å². The number of hydrogen-bond donors (Lipinski definition) is 1. The number of nitrogens with zero attached hydrogens (tertiary/aromatic N) is 4. The van der Waals surface area contributed by atoms with E-state index in [4.69, 9.17) is 0 Å². The van der Waals surface area contributed by atoms with Gasteiger partial charge in [-0.15, -0.1) is 10.2 Å².